The average Bonchev–Trinajstić information content (AvgIpc) is 2.27. The Morgan fingerprint density at radius 2 is 1.83 bits per heavy atom. The van der Waals surface area contributed by atoms with E-state index in [9.17, 15) is 8.42 Å². The summed E-state index contributed by atoms with van der Waals surface area (Å²) < 4.78 is 26.4. The molecular formula is C13H22N2O2S. The summed E-state index contributed by atoms with van der Waals surface area (Å²) in [4.78, 5) is 0.345. The lowest BCUT2D eigenvalue weighted by atomic mass is 10.1. The van der Waals surface area contributed by atoms with Gasteiger partial charge < -0.3 is 5.73 Å². The molecule has 1 rings (SSSR count). The molecule has 0 spiro atoms. The van der Waals surface area contributed by atoms with E-state index < -0.39 is 15.6 Å². The maximum atomic E-state index is 12.5. The van der Waals surface area contributed by atoms with Crippen molar-refractivity contribution in [2.75, 3.05) is 13.6 Å². The van der Waals surface area contributed by atoms with E-state index in [0.29, 0.717) is 4.90 Å². The standard InChI is InChI=1S/C13H22N2O2S/c1-10-6-7-12(11(2)8-10)18(16,17)15(5)13(3,4)9-14/h6-8H,9,14H2,1-5H3. The first-order valence-corrected chi connectivity index (χ1v) is 7.33. The number of sulfonamides is 1. The predicted octanol–water partition coefficient (Wildman–Crippen LogP) is 1.66. The third-order valence-electron chi connectivity index (χ3n) is 3.32. The second kappa shape index (κ2) is 4.99. The third kappa shape index (κ3) is 2.74. The van der Waals surface area contributed by atoms with Crippen LogP contribution in [0.3, 0.4) is 0 Å². The molecule has 4 nitrogen and oxygen atoms in total. The highest BCUT2D eigenvalue weighted by atomic mass is 32.2. The fourth-order valence-electron chi connectivity index (χ4n) is 1.69. The first-order chi connectivity index (χ1) is 8.13. The summed E-state index contributed by atoms with van der Waals surface area (Å²) in [6.07, 6.45) is 0. The van der Waals surface area contributed by atoms with Crippen molar-refractivity contribution in [2.24, 2.45) is 5.73 Å². The summed E-state index contributed by atoms with van der Waals surface area (Å²) in [6.45, 7) is 7.65. The van der Waals surface area contributed by atoms with E-state index in [1.807, 2.05) is 39.8 Å². The van der Waals surface area contributed by atoms with Crippen LogP contribution in [0.15, 0.2) is 23.1 Å². The third-order valence-corrected chi connectivity index (χ3v) is 5.55. The number of nitrogens with two attached hydrogens (primary N) is 1. The molecule has 0 saturated carbocycles. The Kier molecular flexibility index (Phi) is 4.20. The molecule has 5 heteroatoms. The molecule has 0 bridgehead atoms. The van der Waals surface area contributed by atoms with E-state index in [1.54, 1.807) is 13.1 Å². The van der Waals surface area contributed by atoms with Crippen LogP contribution in [-0.4, -0.2) is 31.9 Å². The molecule has 0 saturated heterocycles. The van der Waals surface area contributed by atoms with Gasteiger partial charge in [0.2, 0.25) is 10.0 Å². The van der Waals surface area contributed by atoms with Crippen LogP contribution in [0.5, 0.6) is 0 Å². The van der Waals surface area contributed by atoms with Crippen molar-refractivity contribution in [1.82, 2.24) is 4.31 Å². The summed E-state index contributed by atoms with van der Waals surface area (Å²) in [5, 5.41) is 0. The fourth-order valence-corrected chi connectivity index (χ4v) is 3.42. The van der Waals surface area contributed by atoms with Crippen molar-refractivity contribution in [3.8, 4) is 0 Å². The van der Waals surface area contributed by atoms with Gasteiger partial charge in [0.25, 0.3) is 0 Å². The van der Waals surface area contributed by atoms with Gasteiger partial charge in [0.15, 0.2) is 0 Å². The molecule has 0 aliphatic heterocycles. The monoisotopic (exact) mass is 270 g/mol. The van der Waals surface area contributed by atoms with E-state index in [4.69, 9.17) is 5.73 Å². The van der Waals surface area contributed by atoms with Gasteiger partial charge in [0.05, 0.1) is 4.90 Å². The van der Waals surface area contributed by atoms with E-state index in [1.165, 1.54) is 4.31 Å². The highest BCUT2D eigenvalue weighted by Gasteiger charge is 2.33. The maximum absolute atomic E-state index is 12.5. The van der Waals surface area contributed by atoms with Crippen LogP contribution in [0.1, 0.15) is 25.0 Å². The van der Waals surface area contributed by atoms with Crippen molar-refractivity contribution in [1.29, 1.82) is 0 Å². The van der Waals surface area contributed by atoms with E-state index in [0.717, 1.165) is 11.1 Å². The van der Waals surface area contributed by atoms with E-state index in [-0.39, 0.29) is 6.54 Å². The zero-order chi connectivity index (χ0) is 14.1. The van der Waals surface area contributed by atoms with Crippen LogP contribution < -0.4 is 5.73 Å². The topological polar surface area (TPSA) is 63.4 Å². The summed E-state index contributed by atoms with van der Waals surface area (Å²) in [7, 11) is -1.93. The Morgan fingerprint density at radius 1 is 1.28 bits per heavy atom. The Balaban J connectivity index is 3.30. The predicted molar refractivity (Wildman–Crippen MR) is 74.0 cm³/mol. The Labute approximate surface area is 110 Å². The Hall–Kier alpha value is -0.910. The molecular weight excluding hydrogens is 248 g/mol. The molecule has 1 aromatic carbocycles. The van der Waals surface area contributed by atoms with Crippen LogP contribution in [0.4, 0.5) is 0 Å². The first-order valence-electron chi connectivity index (χ1n) is 5.89. The minimum Gasteiger partial charge on any atom is -0.329 e. The largest absolute Gasteiger partial charge is 0.329 e. The molecule has 0 aliphatic rings. The summed E-state index contributed by atoms with van der Waals surface area (Å²) in [6, 6.07) is 5.34. The second-order valence-corrected chi connectivity index (χ2v) is 7.20. The SMILES string of the molecule is Cc1ccc(S(=O)(=O)N(C)C(C)(C)CN)c(C)c1. The van der Waals surface area contributed by atoms with Crippen molar-refractivity contribution in [2.45, 2.75) is 38.1 Å². The normalized spacial score (nSPS) is 13.1. The molecule has 0 heterocycles. The molecule has 18 heavy (non-hydrogen) atoms. The molecule has 0 unspecified atom stereocenters. The molecule has 102 valence electrons. The Morgan fingerprint density at radius 3 is 2.28 bits per heavy atom. The molecule has 0 amide bonds. The lowest BCUT2D eigenvalue weighted by Gasteiger charge is -2.33. The van der Waals surface area contributed by atoms with Gasteiger partial charge in [-0.05, 0) is 39.3 Å². The minimum absolute atomic E-state index is 0.271. The number of benzene rings is 1. The van der Waals surface area contributed by atoms with Crippen LogP contribution in [0, 0.1) is 13.8 Å². The van der Waals surface area contributed by atoms with Crippen LogP contribution in [-0.2, 0) is 10.0 Å². The summed E-state index contributed by atoms with van der Waals surface area (Å²) in [5.74, 6) is 0. The van der Waals surface area contributed by atoms with Crippen molar-refractivity contribution < 1.29 is 8.42 Å². The van der Waals surface area contributed by atoms with Gasteiger partial charge >= 0.3 is 0 Å². The van der Waals surface area contributed by atoms with Gasteiger partial charge in [0, 0.05) is 19.1 Å². The molecule has 0 atom stereocenters. The molecule has 0 aromatic heterocycles. The number of rotatable bonds is 4. The van der Waals surface area contributed by atoms with Crippen LogP contribution in [0.2, 0.25) is 0 Å². The molecule has 1 aromatic rings. The zero-order valence-corrected chi connectivity index (χ0v) is 12.5. The quantitative estimate of drug-likeness (QED) is 0.905. The molecule has 0 aliphatic carbocycles. The van der Waals surface area contributed by atoms with Crippen LogP contribution in [0.25, 0.3) is 0 Å². The fraction of sp³-hybridized carbons (Fsp3) is 0.538. The number of hydrogen-bond donors (Lipinski definition) is 1. The van der Waals surface area contributed by atoms with Gasteiger partial charge in [-0.25, -0.2) is 8.42 Å². The Bertz CT molecular complexity index is 536. The van der Waals surface area contributed by atoms with E-state index >= 15 is 0 Å². The lowest BCUT2D eigenvalue weighted by Crippen LogP contribution is -2.49. The van der Waals surface area contributed by atoms with Gasteiger partial charge in [-0.1, -0.05) is 17.7 Å². The van der Waals surface area contributed by atoms with Crippen molar-refractivity contribution in [3.05, 3.63) is 29.3 Å². The summed E-state index contributed by atoms with van der Waals surface area (Å²) in [5.41, 5.74) is 6.84. The number of aryl methyl sites for hydroxylation is 2. The first kappa shape index (κ1) is 15.1. The van der Waals surface area contributed by atoms with E-state index in [2.05, 4.69) is 0 Å². The molecule has 2 N–H and O–H groups in total. The minimum atomic E-state index is -3.50. The maximum Gasteiger partial charge on any atom is 0.243 e. The number of nitrogens with zero attached hydrogens (tertiary/aromatic N) is 1. The summed E-state index contributed by atoms with van der Waals surface area (Å²) >= 11 is 0. The zero-order valence-electron chi connectivity index (χ0n) is 11.7. The van der Waals surface area contributed by atoms with Crippen molar-refractivity contribution >= 4 is 10.0 Å². The van der Waals surface area contributed by atoms with Gasteiger partial charge in [-0.15, -0.1) is 0 Å². The lowest BCUT2D eigenvalue weighted by molar-refractivity contribution is 0.274. The van der Waals surface area contributed by atoms with Gasteiger partial charge in [-0.2, -0.15) is 4.31 Å². The van der Waals surface area contributed by atoms with Gasteiger partial charge in [-0.3, -0.25) is 0 Å². The molecule has 0 fully saturated rings. The smallest absolute Gasteiger partial charge is 0.243 e. The number of hydrogen-bond acceptors (Lipinski definition) is 3. The number of likely N-dealkylation sites (N-methyl/N-ethyl adjacent to an activating group) is 1. The van der Waals surface area contributed by atoms with Crippen molar-refractivity contribution in [3.63, 3.8) is 0 Å². The van der Waals surface area contributed by atoms with Crippen LogP contribution >= 0.6 is 0 Å². The highest BCUT2D eigenvalue weighted by molar-refractivity contribution is 7.89. The second-order valence-electron chi connectivity index (χ2n) is 5.26. The average molecular weight is 270 g/mol. The van der Waals surface area contributed by atoms with Gasteiger partial charge in [0.1, 0.15) is 0 Å². The highest BCUT2D eigenvalue weighted by Crippen LogP contribution is 2.25. The molecule has 0 radical (unpaired) electrons.